The Balaban J connectivity index is 2.44. The fourth-order valence-electron chi connectivity index (χ4n) is 2.09. The summed E-state index contributed by atoms with van der Waals surface area (Å²) in [6.07, 6.45) is 3.41. The van der Waals surface area contributed by atoms with Gasteiger partial charge in [-0.15, -0.1) is 0 Å². The zero-order chi connectivity index (χ0) is 16.7. The first-order valence-corrected chi connectivity index (χ1v) is 7.73. The fraction of sp³-hybridized carbons (Fsp3) is 0.333. The number of rotatable bonds is 7. The number of pyridine rings is 1. The van der Waals surface area contributed by atoms with E-state index in [0.717, 1.165) is 12.8 Å². The van der Waals surface area contributed by atoms with Gasteiger partial charge in [-0.05, 0) is 37.1 Å². The molecule has 0 aliphatic carbocycles. The number of aromatic nitrogens is 1. The minimum Gasteiger partial charge on any atom is -0.490 e. The third-order valence-electron chi connectivity index (χ3n) is 3.20. The molecule has 23 heavy (non-hydrogen) atoms. The number of nitrogens with zero attached hydrogens (tertiary/aromatic N) is 2. The number of hydrogen-bond donors (Lipinski definition) is 0. The second-order valence-corrected chi connectivity index (χ2v) is 5.04. The Kier molecular flexibility index (Phi) is 5.81. The van der Waals surface area contributed by atoms with Gasteiger partial charge < -0.3 is 9.47 Å². The zero-order valence-electron chi connectivity index (χ0n) is 13.4. The Bertz CT molecular complexity index is 760. The van der Waals surface area contributed by atoms with Gasteiger partial charge >= 0.3 is 0 Å². The van der Waals surface area contributed by atoms with E-state index in [1.807, 2.05) is 19.9 Å². The van der Waals surface area contributed by atoms with Gasteiger partial charge in [0.25, 0.3) is 5.56 Å². The van der Waals surface area contributed by atoms with Crippen LogP contribution < -0.4 is 15.0 Å². The molecule has 0 amide bonds. The molecular formula is C18H20N2O3. The molecule has 0 saturated carbocycles. The van der Waals surface area contributed by atoms with Gasteiger partial charge in [0.15, 0.2) is 11.5 Å². The molecule has 0 saturated heterocycles. The minimum absolute atomic E-state index is 0.106. The molecule has 120 valence electrons. The van der Waals surface area contributed by atoms with Crippen LogP contribution in [0.25, 0.3) is 5.69 Å². The Morgan fingerprint density at radius 1 is 1.09 bits per heavy atom. The molecule has 2 rings (SSSR count). The van der Waals surface area contributed by atoms with Gasteiger partial charge in [0, 0.05) is 12.3 Å². The average Bonchev–Trinajstić information content (AvgIpc) is 2.58. The second-order valence-electron chi connectivity index (χ2n) is 5.04. The molecule has 0 unspecified atom stereocenters. The van der Waals surface area contributed by atoms with Gasteiger partial charge in [-0.25, -0.2) is 0 Å². The highest BCUT2D eigenvalue weighted by atomic mass is 16.5. The largest absolute Gasteiger partial charge is 0.490 e. The van der Waals surface area contributed by atoms with Crippen molar-refractivity contribution < 1.29 is 9.47 Å². The summed E-state index contributed by atoms with van der Waals surface area (Å²) in [6, 6.07) is 10.4. The summed E-state index contributed by atoms with van der Waals surface area (Å²) in [6.45, 7) is 5.23. The van der Waals surface area contributed by atoms with Gasteiger partial charge in [0.2, 0.25) is 0 Å². The lowest BCUT2D eigenvalue weighted by Crippen LogP contribution is -2.20. The predicted molar refractivity (Wildman–Crippen MR) is 88.3 cm³/mol. The SMILES string of the molecule is CCCOc1ccc(-n2cccc(C#N)c2=O)cc1OCCC. The molecule has 1 heterocycles. The van der Waals surface area contributed by atoms with Crippen molar-refractivity contribution in [3.63, 3.8) is 0 Å². The third kappa shape index (κ3) is 3.92. The first-order valence-electron chi connectivity index (χ1n) is 7.73. The molecule has 0 bridgehead atoms. The van der Waals surface area contributed by atoms with Crippen molar-refractivity contribution >= 4 is 0 Å². The van der Waals surface area contributed by atoms with Crippen molar-refractivity contribution in [2.45, 2.75) is 26.7 Å². The van der Waals surface area contributed by atoms with Crippen LogP contribution in [-0.4, -0.2) is 17.8 Å². The van der Waals surface area contributed by atoms with E-state index in [4.69, 9.17) is 14.7 Å². The van der Waals surface area contributed by atoms with E-state index in [1.165, 1.54) is 10.6 Å². The predicted octanol–water partition coefficient (Wildman–Crippen LogP) is 3.29. The van der Waals surface area contributed by atoms with Crippen LogP contribution >= 0.6 is 0 Å². The van der Waals surface area contributed by atoms with Crippen LogP contribution in [0.5, 0.6) is 11.5 Å². The first kappa shape index (κ1) is 16.6. The van der Waals surface area contributed by atoms with E-state index in [-0.39, 0.29) is 11.1 Å². The fourth-order valence-corrected chi connectivity index (χ4v) is 2.09. The molecule has 0 N–H and O–H groups in total. The van der Waals surface area contributed by atoms with Gasteiger partial charge in [0.1, 0.15) is 11.6 Å². The molecular weight excluding hydrogens is 292 g/mol. The average molecular weight is 312 g/mol. The molecule has 0 aliphatic rings. The van der Waals surface area contributed by atoms with Crippen LogP contribution in [0.15, 0.2) is 41.3 Å². The van der Waals surface area contributed by atoms with E-state index >= 15 is 0 Å². The van der Waals surface area contributed by atoms with Crippen LogP contribution in [0.3, 0.4) is 0 Å². The number of nitriles is 1. The van der Waals surface area contributed by atoms with Crippen LogP contribution in [-0.2, 0) is 0 Å². The van der Waals surface area contributed by atoms with Crippen LogP contribution in [0.1, 0.15) is 32.3 Å². The van der Waals surface area contributed by atoms with Crippen molar-refractivity contribution in [2.75, 3.05) is 13.2 Å². The highest BCUT2D eigenvalue weighted by molar-refractivity contribution is 5.49. The molecule has 1 aromatic heterocycles. The molecule has 0 radical (unpaired) electrons. The summed E-state index contributed by atoms with van der Waals surface area (Å²) < 4.78 is 12.9. The zero-order valence-corrected chi connectivity index (χ0v) is 13.4. The molecule has 5 heteroatoms. The van der Waals surface area contributed by atoms with Crippen molar-refractivity contribution in [1.29, 1.82) is 5.26 Å². The Morgan fingerprint density at radius 3 is 2.43 bits per heavy atom. The number of ether oxygens (including phenoxy) is 2. The monoisotopic (exact) mass is 312 g/mol. The van der Waals surface area contributed by atoms with Crippen molar-refractivity contribution in [2.24, 2.45) is 0 Å². The van der Waals surface area contributed by atoms with E-state index in [9.17, 15) is 4.79 Å². The van der Waals surface area contributed by atoms with Gasteiger partial charge in [-0.2, -0.15) is 5.26 Å². The van der Waals surface area contributed by atoms with E-state index in [0.29, 0.717) is 30.4 Å². The van der Waals surface area contributed by atoms with E-state index in [1.54, 1.807) is 30.5 Å². The topological polar surface area (TPSA) is 64.2 Å². The lowest BCUT2D eigenvalue weighted by molar-refractivity contribution is 0.268. The second kappa shape index (κ2) is 8.04. The maximum absolute atomic E-state index is 12.3. The molecule has 0 atom stereocenters. The van der Waals surface area contributed by atoms with Crippen LogP contribution in [0.2, 0.25) is 0 Å². The Hall–Kier alpha value is -2.74. The normalized spacial score (nSPS) is 10.1. The van der Waals surface area contributed by atoms with E-state index in [2.05, 4.69) is 0 Å². The molecule has 0 fully saturated rings. The summed E-state index contributed by atoms with van der Waals surface area (Å²) in [5.74, 6) is 1.26. The summed E-state index contributed by atoms with van der Waals surface area (Å²) >= 11 is 0. The van der Waals surface area contributed by atoms with Crippen molar-refractivity contribution in [3.8, 4) is 23.3 Å². The molecule has 5 nitrogen and oxygen atoms in total. The van der Waals surface area contributed by atoms with Gasteiger partial charge in [-0.1, -0.05) is 13.8 Å². The summed E-state index contributed by atoms with van der Waals surface area (Å²) in [4.78, 5) is 12.3. The summed E-state index contributed by atoms with van der Waals surface area (Å²) in [5.41, 5.74) is 0.399. The van der Waals surface area contributed by atoms with E-state index < -0.39 is 0 Å². The summed E-state index contributed by atoms with van der Waals surface area (Å²) in [5, 5.41) is 8.99. The van der Waals surface area contributed by atoms with Gasteiger partial charge in [0.05, 0.1) is 18.9 Å². The smallest absolute Gasteiger partial charge is 0.272 e. The molecule has 1 aromatic carbocycles. The summed E-state index contributed by atoms with van der Waals surface area (Å²) in [7, 11) is 0. The highest BCUT2D eigenvalue weighted by Crippen LogP contribution is 2.30. The minimum atomic E-state index is -0.348. The number of benzene rings is 1. The Labute approximate surface area is 135 Å². The quantitative estimate of drug-likeness (QED) is 0.787. The highest BCUT2D eigenvalue weighted by Gasteiger charge is 2.10. The number of hydrogen-bond acceptors (Lipinski definition) is 4. The van der Waals surface area contributed by atoms with Gasteiger partial charge in [-0.3, -0.25) is 9.36 Å². The maximum Gasteiger partial charge on any atom is 0.272 e. The Morgan fingerprint density at radius 2 is 1.78 bits per heavy atom. The van der Waals surface area contributed by atoms with Crippen LogP contribution in [0.4, 0.5) is 0 Å². The standard InChI is InChI=1S/C18H20N2O3/c1-3-10-22-16-8-7-15(12-17(16)23-11-4-2)20-9-5-6-14(13-19)18(20)21/h5-9,12H,3-4,10-11H2,1-2H3. The van der Waals surface area contributed by atoms with Crippen molar-refractivity contribution in [3.05, 3.63) is 52.4 Å². The lowest BCUT2D eigenvalue weighted by Gasteiger charge is -2.14. The maximum atomic E-state index is 12.3. The third-order valence-corrected chi connectivity index (χ3v) is 3.20. The molecule has 0 aliphatic heterocycles. The molecule has 2 aromatic rings. The molecule has 0 spiro atoms. The lowest BCUT2D eigenvalue weighted by atomic mass is 10.2. The first-order chi connectivity index (χ1) is 11.2. The van der Waals surface area contributed by atoms with Crippen molar-refractivity contribution in [1.82, 2.24) is 4.57 Å². The van der Waals surface area contributed by atoms with Crippen LogP contribution in [0, 0.1) is 11.3 Å².